The maximum atomic E-state index is 12.1. The minimum absolute atomic E-state index is 0.292. The van der Waals surface area contributed by atoms with E-state index in [1.165, 1.54) is 9.71 Å². The Bertz CT molecular complexity index is 607. The highest BCUT2D eigenvalue weighted by Crippen LogP contribution is 2.23. The maximum absolute atomic E-state index is 12.1. The fourth-order valence-electron chi connectivity index (χ4n) is 2.99. The van der Waals surface area contributed by atoms with Gasteiger partial charge in [0.05, 0.1) is 15.2 Å². The first kappa shape index (κ1) is 15.4. The molecule has 0 spiro atoms. The molecule has 3 rings (SSSR count). The van der Waals surface area contributed by atoms with Crippen molar-refractivity contribution in [3.63, 3.8) is 0 Å². The Morgan fingerprint density at radius 2 is 2.23 bits per heavy atom. The Hall–Kier alpha value is -1.46. The predicted octanol–water partition coefficient (Wildman–Crippen LogP) is 2.82. The predicted molar refractivity (Wildman–Crippen MR) is 90.9 cm³/mol. The number of rotatable bonds is 6. The first-order valence-corrected chi connectivity index (χ1v) is 8.90. The Labute approximate surface area is 135 Å². The average Bonchev–Trinajstić information content (AvgIpc) is 3.17. The van der Waals surface area contributed by atoms with Crippen LogP contribution < -0.4 is 5.73 Å². The zero-order chi connectivity index (χ0) is 15.4. The average molecular weight is 317 g/mol. The lowest BCUT2D eigenvalue weighted by atomic mass is 10.1. The van der Waals surface area contributed by atoms with Gasteiger partial charge in [-0.2, -0.15) is 0 Å². The third-order valence-corrected chi connectivity index (χ3v) is 5.44. The standard InChI is InChI=1S/C17H23N3OS/c18-11-13-9-10-20(12-13)17(21)8-4-3-7-16-19-14-5-1-2-6-15(14)22-16/h1-2,5-6,13H,3-4,7-12,18H2. The summed E-state index contributed by atoms with van der Waals surface area (Å²) in [4.78, 5) is 18.7. The molecule has 2 aromatic rings. The molecular weight excluding hydrogens is 294 g/mol. The molecular formula is C17H23N3OS. The van der Waals surface area contributed by atoms with E-state index in [4.69, 9.17) is 5.73 Å². The van der Waals surface area contributed by atoms with Crippen LogP contribution in [0, 0.1) is 5.92 Å². The van der Waals surface area contributed by atoms with Crippen LogP contribution in [0.15, 0.2) is 24.3 Å². The molecule has 1 aliphatic heterocycles. The highest BCUT2D eigenvalue weighted by Gasteiger charge is 2.24. The summed E-state index contributed by atoms with van der Waals surface area (Å²) in [6, 6.07) is 8.24. The number of aromatic nitrogens is 1. The number of benzene rings is 1. The zero-order valence-electron chi connectivity index (χ0n) is 12.8. The van der Waals surface area contributed by atoms with Crippen LogP contribution in [-0.4, -0.2) is 35.4 Å². The molecule has 2 heterocycles. The number of unbranched alkanes of at least 4 members (excludes halogenated alkanes) is 1. The molecule has 4 nitrogen and oxygen atoms in total. The van der Waals surface area contributed by atoms with Gasteiger partial charge in [-0.1, -0.05) is 12.1 Å². The van der Waals surface area contributed by atoms with Gasteiger partial charge in [0, 0.05) is 19.5 Å². The van der Waals surface area contributed by atoms with E-state index >= 15 is 0 Å². The molecule has 1 fully saturated rings. The lowest BCUT2D eigenvalue weighted by Crippen LogP contribution is -2.29. The van der Waals surface area contributed by atoms with Crippen molar-refractivity contribution in [2.45, 2.75) is 32.1 Å². The van der Waals surface area contributed by atoms with Gasteiger partial charge < -0.3 is 10.6 Å². The summed E-state index contributed by atoms with van der Waals surface area (Å²) in [6.07, 6.45) is 4.66. The van der Waals surface area contributed by atoms with Gasteiger partial charge in [-0.15, -0.1) is 11.3 Å². The molecule has 1 unspecified atom stereocenters. The second-order valence-electron chi connectivity index (χ2n) is 6.01. The quantitative estimate of drug-likeness (QED) is 0.834. The van der Waals surface area contributed by atoms with Crippen LogP contribution in [-0.2, 0) is 11.2 Å². The zero-order valence-corrected chi connectivity index (χ0v) is 13.6. The van der Waals surface area contributed by atoms with Crippen LogP contribution in [0.5, 0.6) is 0 Å². The Kier molecular flexibility index (Phi) is 5.05. The number of para-hydroxylation sites is 1. The lowest BCUT2D eigenvalue weighted by molar-refractivity contribution is -0.130. The van der Waals surface area contributed by atoms with Gasteiger partial charge in [-0.3, -0.25) is 4.79 Å². The van der Waals surface area contributed by atoms with Gasteiger partial charge >= 0.3 is 0 Å². The molecule has 1 aromatic heterocycles. The minimum Gasteiger partial charge on any atom is -0.342 e. The normalized spacial score (nSPS) is 18.2. The number of aryl methyl sites for hydroxylation is 1. The third-order valence-electron chi connectivity index (χ3n) is 4.34. The molecule has 0 bridgehead atoms. The second-order valence-corrected chi connectivity index (χ2v) is 7.13. The Morgan fingerprint density at radius 3 is 3.00 bits per heavy atom. The number of amides is 1. The monoisotopic (exact) mass is 317 g/mol. The molecule has 118 valence electrons. The minimum atomic E-state index is 0.292. The molecule has 22 heavy (non-hydrogen) atoms. The number of carbonyl (C=O) groups excluding carboxylic acids is 1. The largest absolute Gasteiger partial charge is 0.342 e. The molecule has 2 N–H and O–H groups in total. The topological polar surface area (TPSA) is 59.2 Å². The van der Waals surface area contributed by atoms with Crippen LogP contribution in [0.25, 0.3) is 10.2 Å². The molecule has 0 radical (unpaired) electrons. The smallest absolute Gasteiger partial charge is 0.222 e. The van der Waals surface area contributed by atoms with Crippen molar-refractivity contribution in [2.24, 2.45) is 11.7 Å². The summed E-state index contributed by atoms with van der Waals surface area (Å²) < 4.78 is 1.25. The highest BCUT2D eigenvalue weighted by atomic mass is 32.1. The molecule has 1 atom stereocenters. The molecule has 1 amide bonds. The van der Waals surface area contributed by atoms with Crippen molar-refractivity contribution in [2.75, 3.05) is 19.6 Å². The summed E-state index contributed by atoms with van der Waals surface area (Å²) >= 11 is 1.76. The highest BCUT2D eigenvalue weighted by molar-refractivity contribution is 7.18. The number of hydrogen-bond acceptors (Lipinski definition) is 4. The van der Waals surface area contributed by atoms with Gasteiger partial charge in [-0.05, 0) is 50.3 Å². The van der Waals surface area contributed by atoms with Crippen LogP contribution in [0.2, 0.25) is 0 Å². The number of likely N-dealkylation sites (tertiary alicyclic amines) is 1. The molecule has 0 aliphatic carbocycles. The summed E-state index contributed by atoms with van der Waals surface area (Å²) in [5.41, 5.74) is 6.76. The van der Waals surface area contributed by atoms with Crippen LogP contribution in [0.4, 0.5) is 0 Å². The molecule has 1 saturated heterocycles. The van der Waals surface area contributed by atoms with E-state index in [-0.39, 0.29) is 0 Å². The fraction of sp³-hybridized carbons (Fsp3) is 0.529. The van der Waals surface area contributed by atoms with E-state index in [0.717, 1.165) is 44.3 Å². The van der Waals surface area contributed by atoms with E-state index in [0.29, 0.717) is 24.8 Å². The first-order chi connectivity index (χ1) is 10.8. The Balaban J connectivity index is 1.41. The van der Waals surface area contributed by atoms with Gasteiger partial charge in [0.1, 0.15) is 0 Å². The van der Waals surface area contributed by atoms with Gasteiger partial charge in [0.15, 0.2) is 0 Å². The van der Waals surface area contributed by atoms with E-state index in [2.05, 4.69) is 17.1 Å². The van der Waals surface area contributed by atoms with Crippen LogP contribution in [0.3, 0.4) is 0 Å². The number of fused-ring (bicyclic) bond motifs is 1. The SMILES string of the molecule is NCC1CCN(C(=O)CCCCc2nc3ccccc3s2)C1. The van der Waals surface area contributed by atoms with E-state index in [1.807, 2.05) is 17.0 Å². The number of hydrogen-bond donors (Lipinski definition) is 1. The lowest BCUT2D eigenvalue weighted by Gasteiger charge is -2.15. The van der Waals surface area contributed by atoms with Crippen molar-refractivity contribution < 1.29 is 4.79 Å². The van der Waals surface area contributed by atoms with Gasteiger partial charge in [0.25, 0.3) is 0 Å². The summed E-state index contributed by atoms with van der Waals surface area (Å²) in [6.45, 7) is 2.44. The summed E-state index contributed by atoms with van der Waals surface area (Å²) in [5, 5.41) is 1.18. The number of thiazole rings is 1. The number of carbonyl (C=O) groups is 1. The Morgan fingerprint density at radius 1 is 1.36 bits per heavy atom. The van der Waals surface area contributed by atoms with Crippen molar-refractivity contribution in [3.8, 4) is 0 Å². The van der Waals surface area contributed by atoms with Gasteiger partial charge in [-0.25, -0.2) is 4.98 Å². The third kappa shape index (κ3) is 3.65. The maximum Gasteiger partial charge on any atom is 0.222 e. The number of nitrogens with two attached hydrogens (primary N) is 1. The summed E-state index contributed by atoms with van der Waals surface area (Å²) in [5.74, 6) is 0.798. The molecule has 1 aliphatic rings. The van der Waals surface area contributed by atoms with Crippen molar-refractivity contribution >= 4 is 27.5 Å². The molecule has 0 saturated carbocycles. The fourth-order valence-corrected chi connectivity index (χ4v) is 4.00. The molecule has 1 aromatic carbocycles. The van der Waals surface area contributed by atoms with Crippen molar-refractivity contribution in [1.29, 1.82) is 0 Å². The van der Waals surface area contributed by atoms with E-state index in [1.54, 1.807) is 11.3 Å². The van der Waals surface area contributed by atoms with Gasteiger partial charge in [0.2, 0.25) is 5.91 Å². The van der Waals surface area contributed by atoms with Crippen LogP contribution in [0.1, 0.15) is 30.7 Å². The molecule has 5 heteroatoms. The van der Waals surface area contributed by atoms with E-state index in [9.17, 15) is 4.79 Å². The van der Waals surface area contributed by atoms with Crippen molar-refractivity contribution in [3.05, 3.63) is 29.3 Å². The van der Waals surface area contributed by atoms with Crippen molar-refractivity contribution in [1.82, 2.24) is 9.88 Å². The first-order valence-electron chi connectivity index (χ1n) is 8.08. The second kappa shape index (κ2) is 7.20. The number of nitrogens with zero attached hydrogens (tertiary/aromatic N) is 2. The van der Waals surface area contributed by atoms with E-state index < -0.39 is 0 Å². The summed E-state index contributed by atoms with van der Waals surface area (Å²) in [7, 11) is 0. The van der Waals surface area contributed by atoms with Crippen LogP contribution >= 0.6 is 11.3 Å².